The van der Waals surface area contributed by atoms with Crippen molar-refractivity contribution in [3.63, 3.8) is 0 Å². The van der Waals surface area contributed by atoms with E-state index in [1.807, 2.05) is 30.3 Å². The molecule has 3 heterocycles. The number of aromatic nitrogens is 3. The van der Waals surface area contributed by atoms with Gasteiger partial charge in [0, 0.05) is 37.9 Å². The fourth-order valence-corrected chi connectivity index (χ4v) is 3.46. The lowest BCUT2D eigenvalue weighted by molar-refractivity contribution is -0.126. The lowest BCUT2D eigenvalue weighted by Gasteiger charge is -2.16. The second-order valence-electron chi connectivity index (χ2n) is 6.82. The third-order valence-electron chi connectivity index (χ3n) is 4.95. The molecule has 1 saturated heterocycles. The molecule has 1 fully saturated rings. The van der Waals surface area contributed by atoms with E-state index in [1.165, 1.54) is 6.20 Å². The number of benzene rings is 1. The van der Waals surface area contributed by atoms with Crippen molar-refractivity contribution in [2.45, 2.75) is 13.0 Å². The van der Waals surface area contributed by atoms with Crippen LogP contribution in [0, 0.1) is 5.92 Å². The molecule has 2 amide bonds. The number of H-pyrrole nitrogens is 1. The standard InChI is InChI=1S/C20H19N5O4/c26-16-11-13(12-25(16)14-5-2-1-3-6-14)18(27)22-9-10-24-19(28)15-7-4-8-21-17(15)23-20(24)29/h1-8,13H,9-12H2,(H,22,27)(H,21,23,29)/t13-/m0/s1. The van der Waals surface area contributed by atoms with Gasteiger partial charge in [-0.05, 0) is 24.3 Å². The van der Waals surface area contributed by atoms with Gasteiger partial charge in [-0.15, -0.1) is 0 Å². The monoisotopic (exact) mass is 393 g/mol. The van der Waals surface area contributed by atoms with E-state index in [0.717, 1.165) is 10.3 Å². The summed E-state index contributed by atoms with van der Waals surface area (Å²) in [4.78, 5) is 57.4. The second kappa shape index (κ2) is 7.70. The summed E-state index contributed by atoms with van der Waals surface area (Å²) in [5, 5.41) is 3.03. The molecule has 0 radical (unpaired) electrons. The van der Waals surface area contributed by atoms with Crippen LogP contribution in [0.1, 0.15) is 6.42 Å². The largest absolute Gasteiger partial charge is 0.354 e. The highest BCUT2D eigenvalue weighted by Crippen LogP contribution is 2.24. The Morgan fingerprint density at radius 3 is 2.72 bits per heavy atom. The Hall–Kier alpha value is -3.75. The quantitative estimate of drug-likeness (QED) is 0.645. The van der Waals surface area contributed by atoms with Crippen LogP contribution in [0.5, 0.6) is 0 Å². The lowest BCUT2D eigenvalue weighted by atomic mass is 10.1. The topological polar surface area (TPSA) is 117 Å². The molecule has 3 aromatic rings. The van der Waals surface area contributed by atoms with Crippen LogP contribution >= 0.6 is 0 Å². The van der Waals surface area contributed by atoms with Crippen molar-refractivity contribution in [1.82, 2.24) is 19.9 Å². The first-order valence-corrected chi connectivity index (χ1v) is 9.25. The Balaban J connectivity index is 1.40. The van der Waals surface area contributed by atoms with Gasteiger partial charge in [0.1, 0.15) is 5.65 Å². The van der Waals surface area contributed by atoms with E-state index in [4.69, 9.17) is 0 Å². The van der Waals surface area contributed by atoms with E-state index in [1.54, 1.807) is 17.0 Å². The fourth-order valence-electron chi connectivity index (χ4n) is 3.46. The highest BCUT2D eigenvalue weighted by Gasteiger charge is 2.34. The van der Waals surface area contributed by atoms with Crippen molar-refractivity contribution >= 4 is 28.5 Å². The van der Waals surface area contributed by atoms with Crippen molar-refractivity contribution in [3.8, 4) is 0 Å². The van der Waals surface area contributed by atoms with Crippen LogP contribution in [-0.2, 0) is 16.1 Å². The molecule has 4 rings (SSSR count). The Morgan fingerprint density at radius 1 is 1.14 bits per heavy atom. The fraction of sp³-hybridized carbons (Fsp3) is 0.250. The van der Waals surface area contributed by atoms with Crippen molar-refractivity contribution in [2.24, 2.45) is 5.92 Å². The van der Waals surface area contributed by atoms with Crippen LogP contribution < -0.4 is 21.5 Å². The zero-order chi connectivity index (χ0) is 20.4. The maximum atomic E-state index is 12.5. The minimum atomic E-state index is -0.582. The van der Waals surface area contributed by atoms with Gasteiger partial charge in [0.2, 0.25) is 11.8 Å². The number of pyridine rings is 1. The first-order valence-electron chi connectivity index (χ1n) is 9.25. The van der Waals surface area contributed by atoms with Gasteiger partial charge >= 0.3 is 5.69 Å². The second-order valence-corrected chi connectivity index (χ2v) is 6.82. The number of fused-ring (bicyclic) bond motifs is 1. The molecular formula is C20H19N5O4. The molecular weight excluding hydrogens is 374 g/mol. The smallest absolute Gasteiger partial charge is 0.330 e. The van der Waals surface area contributed by atoms with Crippen LogP contribution in [0.3, 0.4) is 0 Å². The maximum Gasteiger partial charge on any atom is 0.330 e. The predicted molar refractivity (Wildman–Crippen MR) is 107 cm³/mol. The highest BCUT2D eigenvalue weighted by atomic mass is 16.2. The van der Waals surface area contributed by atoms with E-state index in [-0.39, 0.29) is 37.0 Å². The Kier molecular flexibility index (Phi) is 4.94. The van der Waals surface area contributed by atoms with Gasteiger partial charge in [0.25, 0.3) is 5.56 Å². The zero-order valence-electron chi connectivity index (χ0n) is 15.5. The lowest BCUT2D eigenvalue weighted by Crippen LogP contribution is -2.40. The number of nitrogens with one attached hydrogen (secondary N) is 2. The molecule has 9 nitrogen and oxygen atoms in total. The number of para-hydroxylation sites is 1. The molecule has 29 heavy (non-hydrogen) atoms. The summed E-state index contributed by atoms with van der Waals surface area (Å²) in [6.45, 7) is 0.425. The molecule has 1 aromatic carbocycles. The number of amides is 2. The van der Waals surface area contributed by atoms with Crippen molar-refractivity contribution < 1.29 is 9.59 Å². The summed E-state index contributed by atoms with van der Waals surface area (Å²) in [6.07, 6.45) is 1.62. The van der Waals surface area contributed by atoms with Gasteiger partial charge in [0.15, 0.2) is 0 Å². The molecule has 9 heteroatoms. The van der Waals surface area contributed by atoms with Gasteiger partial charge in [-0.25, -0.2) is 9.78 Å². The van der Waals surface area contributed by atoms with E-state index in [0.29, 0.717) is 11.9 Å². The molecule has 0 aliphatic carbocycles. The van der Waals surface area contributed by atoms with E-state index >= 15 is 0 Å². The number of carbonyl (C=O) groups is 2. The van der Waals surface area contributed by atoms with Gasteiger partial charge < -0.3 is 10.2 Å². The minimum absolute atomic E-state index is 0.0216. The first-order chi connectivity index (χ1) is 14.0. The molecule has 148 valence electrons. The molecule has 2 N–H and O–H groups in total. The highest BCUT2D eigenvalue weighted by molar-refractivity contribution is 6.00. The molecule has 0 spiro atoms. The number of hydrogen-bond acceptors (Lipinski definition) is 5. The normalized spacial score (nSPS) is 16.3. The average Bonchev–Trinajstić information content (AvgIpc) is 3.13. The van der Waals surface area contributed by atoms with E-state index in [9.17, 15) is 19.2 Å². The molecule has 0 bridgehead atoms. The summed E-state index contributed by atoms with van der Waals surface area (Å²) < 4.78 is 1.03. The van der Waals surface area contributed by atoms with Crippen LogP contribution in [-0.4, -0.2) is 39.4 Å². The minimum Gasteiger partial charge on any atom is -0.354 e. The summed E-state index contributed by atoms with van der Waals surface area (Å²) in [5.41, 5.74) is -0.0527. The zero-order valence-corrected chi connectivity index (χ0v) is 15.5. The van der Waals surface area contributed by atoms with Gasteiger partial charge in [-0.1, -0.05) is 18.2 Å². The molecule has 1 atom stereocenters. The van der Waals surface area contributed by atoms with E-state index in [2.05, 4.69) is 15.3 Å². The number of anilines is 1. The number of aromatic amines is 1. The summed E-state index contributed by atoms with van der Waals surface area (Å²) >= 11 is 0. The van der Waals surface area contributed by atoms with Gasteiger partial charge in [-0.2, -0.15) is 0 Å². The molecule has 2 aromatic heterocycles. The average molecular weight is 393 g/mol. The van der Waals surface area contributed by atoms with Crippen LogP contribution in [0.2, 0.25) is 0 Å². The number of carbonyl (C=O) groups excluding carboxylic acids is 2. The Morgan fingerprint density at radius 2 is 1.93 bits per heavy atom. The maximum absolute atomic E-state index is 12.5. The van der Waals surface area contributed by atoms with Crippen LogP contribution in [0.4, 0.5) is 5.69 Å². The first kappa shape index (κ1) is 18.6. The third-order valence-corrected chi connectivity index (χ3v) is 4.95. The van der Waals surface area contributed by atoms with Crippen molar-refractivity contribution in [2.75, 3.05) is 18.0 Å². The summed E-state index contributed by atoms with van der Waals surface area (Å²) in [7, 11) is 0. The number of rotatable bonds is 5. The number of nitrogens with zero attached hydrogens (tertiary/aromatic N) is 3. The third kappa shape index (κ3) is 3.66. The molecule has 1 aliphatic heterocycles. The van der Waals surface area contributed by atoms with E-state index < -0.39 is 17.2 Å². The van der Waals surface area contributed by atoms with Crippen molar-refractivity contribution in [1.29, 1.82) is 0 Å². The molecule has 1 aliphatic rings. The SMILES string of the molecule is O=C(NCCn1c(=O)[nH]c2ncccc2c1=O)[C@H]1CC(=O)N(c2ccccc2)C1. The predicted octanol–water partition coefficient (Wildman–Crippen LogP) is 0.254. The molecule has 0 saturated carbocycles. The van der Waals surface area contributed by atoms with Crippen LogP contribution in [0.25, 0.3) is 11.0 Å². The summed E-state index contributed by atoms with van der Waals surface area (Å²) in [6, 6.07) is 12.4. The van der Waals surface area contributed by atoms with Gasteiger partial charge in [-0.3, -0.25) is 23.9 Å². The Labute approximate surface area is 165 Å². The summed E-state index contributed by atoms with van der Waals surface area (Å²) in [5.74, 6) is -0.853. The van der Waals surface area contributed by atoms with Gasteiger partial charge in [0.05, 0.1) is 11.3 Å². The number of hydrogen-bond donors (Lipinski definition) is 2. The van der Waals surface area contributed by atoms with Crippen LogP contribution in [0.15, 0.2) is 58.3 Å². The van der Waals surface area contributed by atoms with Crippen molar-refractivity contribution in [3.05, 3.63) is 69.5 Å². The molecule has 0 unspecified atom stereocenters. The Bertz CT molecular complexity index is 1180.